The second kappa shape index (κ2) is 7.20. The highest BCUT2D eigenvalue weighted by Gasteiger charge is 2.24. The van der Waals surface area contributed by atoms with E-state index in [9.17, 15) is 18.3 Å². The van der Waals surface area contributed by atoms with Gasteiger partial charge in [-0.05, 0) is 24.1 Å². The van der Waals surface area contributed by atoms with Crippen LogP contribution in [-0.4, -0.2) is 36.9 Å². The van der Waals surface area contributed by atoms with Crippen LogP contribution in [0.25, 0.3) is 0 Å². The van der Waals surface area contributed by atoms with Gasteiger partial charge in [-0.1, -0.05) is 19.9 Å². The van der Waals surface area contributed by atoms with Gasteiger partial charge >= 0.3 is 5.97 Å². The number of aryl methyl sites for hydroxylation is 1. The Morgan fingerprint density at radius 3 is 2.52 bits per heavy atom. The standard InChI is InChI=1S/C14H18N2O4S/c1-3-11-6-7-12(10-13(11)14(17)18)21(19,20)16(4-2)9-5-8-15/h6-7,10H,3-5,9H2,1-2H3,(H,17,18). The van der Waals surface area contributed by atoms with Crippen molar-refractivity contribution in [3.05, 3.63) is 29.3 Å². The molecule has 0 saturated carbocycles. The van der Waals surface area contributed by atoms with Crippen LogP contribution in [0.1, 0.15) is 36.2 Å². The Bertz CT molecular complexity index is 662. The first-order valence-electron chi connectivity index (χ1n) is 6.61. The molecule has 1 rings (SSSR count). The maximum Gasteiger partial charge on any atom is 0.336 e. The smallest absolute Gasteiger partial charge is 0.336 e. The Balaban J connectivity index is 3.28. The molecule has 0 spiro atoms. The van der Waals surface area contributed by atoms with E-state index in [4.69, 9.17) is 5.26 Å². The molecular weight excluding hydrogens is 292 g/mol. The molecule has 0 radical (unpaired) electrons. The van der Waals surface area contributed by atoms with Gasteiger partial charge in [-0.2, -0.15) is 9.57 Å². The fourth-order valence-electron chi connectivity index (χ4n) is 2.00. The van der Waals surface area contributed by atoms with Gasteiger partial charge in [-0.3, -0.25) is 0 Å². The van der Waals surface area contributed by atoms with Crippen LogP contribution in [0.15, 0.2) is 23.1 Å². The number of hydrogen-bond donors (Lipinski definition) is 1. The van der Waals surface area contributed by atoms with Gasteiger partial charge in [0.1, 0.15) is 0 Å². The summed E-state index contributed by atoms with van der Waals surface area (Å²) in [6, 6.07) is 6.02. The van der Waals surface area contributed by atoms with Gasteiger partial charge in [-0.25, -0.2) is 13.2 Å². The molecule has 0 fully saturated rings. The number of nitriles is 1. The molecule has 0 saturated heterocycles. The summed E-state index contributed by atoms with van der Waals surface area (Å²) in [5.74, 6) is -1.15. The number of rotatable bonds is 7. The third kappa shape index (κ3) is 3.80. The number of carboxylic acid groups (broad SMARTS) is 1. The zero-order chi connectivity index (χ0) is 16.0. The third-order valence-electron chi connectivity index (χ3n) is 3.16. The minimum atomic E-state index is -3.79. The number of sulfonamides is 1. The quantitative estimate of drug-likeness (QED) is 0.829. The van der Waals surface area contributed by atoms with E-state index in [2.05, 4.69) is 0 Å². The van der Waals surface area contributed by atoms with Crippen molar-refractivity contribution in [2.45, 2.75) is 31.6 Å². The Morgan fingerprint density at radius 2 is 2.05 bits per heavy atom. The van der Waals surface area contributed by atoms with Crippen molar-refractivity contribution in [1.29, 1.82) is 5.26 Å². The van der Waals surface area contributed by atoms with Crippen LogP contribution in [0.2, 0.25) is 0 Å². The molecule has 0 unspecified atom stereocenters. The van der Waals surface area contributed by atoms with Crippen LogP contribution >= 0.6 is 0 Å². The van der Waals surface area contributed by atoms with Gasteiger partial charge in [0.25, 0.3) is 0 Å². The van der Waals surface area contributed by atoms with Gasteiger partial charge in [-0.15, -0.1) is 0 Å². The molecule has 0 bridgehead atoms. The Morgan fingerprint density at radius 1 is 1.38 bits per heavy atom. The molecule has 0 aliphatic rings. The summed E-state index contributed by atoms with van der Waals surface area (Å²) >= 11 is 0. The number of hydrogen-bond acceptors (Lipinski definition) is 4. The summed E-state index contributed by atoms with van der Waals surface area (Å²) in [6.45, 7) is 3.80. The average Bonchev–Trinajstić information content (AvgIpc) is 2.46. The van der Waals surface area contributed by atoms with E-state index in [-0.39, 0.29) is 30.0 Å². The zero-order valence-electron chi connectivity index (χ0n) is 12.0. The van der Waals surface area contributed by atoms with Crippen molar-refractivity contribution in [2.75, 3.05) is 13.1 Å². The van der Waals surface area contributed by atoms with Crippen molar-refractivity contribution >= 4 is 16.0 Å². The average molecular weight is 310 g/mol. The first kappa shape index (κ1) is 17.1. The van der Waals surface area contributed by atoms with Crippen LogP contribution in [0.4, 0.5) is 0 Å². The molecule has 0 atom stereocenters. The molecule has 0 aliphatic heterocycles. The fraction of sp³-hybridized carbons (Fsp3) is 0.429. The summed E-state index contributed by atoms with van der Waals surface area (Å²) in [7, 11) is -3.79. The highest BCUT2D eigenvalue weighted by Crippen LogP contribution is 2.20. The SMILES string of the molecule is CCc1ccc(S(=O)(=O)N(CC)CCC#N)cc1C(=O)O. The van der Waals surface area contributed by atoms with Crippen molar-refractivity contribution in [2.24, 2.45) is 0 Å². The molecule has 6 nitrogen and oxygen atoms in total. The van der Waals surface area contributed by atoms with Crippen LogP contribution < -0.4 is 0 Å². The summed E-state index contributed by atoms with van der Waals surface area (Å²) in [5.41, 5.74) is 0.580. The lowest BCUT2D eigenvalue weighted by Gasteiger charge is -2.19. The first-order valence-corrected chi connectivity index (χ1v) is 8.05. The predicted molar refractivity (Wildman–Crippen MR) is 77.4 cm³/mol. The molecule has 0 aromatic heterocycles. The molecule has 0 heterocycles. The van der Waals surface area contributed by atoms with Crippen LogP contribution in [0.3, 0.4) is 0 Å². The highest BCUT2D eigenvalue weighted by atomic mass is 32.2. The lowest BCUT2D eigenvalue weighted by molar-refractivity contribution is 0.0695. The van der Waals surface area contributed by atoms with Crippen LogP contribution in [-0.2, 0) is 16.4 Å². The minimum Gasteiger partial charge on any atom is -0.478 e. The maximum atomic E-state index is 12.5. The molecule has 21 heavy (non-hydrogen) atoms. The lowest BCUT2D eigenvalue weighted by Crippen LogP contribution is -2.32. The molecule has 1 N–H and O–H groups in total. The Labute approximate surface area is 124 Å². The second-order valence-corrected chi connectivity index (χ2v) is 6.32. The topological polar surface area (TPSA) is 98.5 Å². The molecule has 1 aromatic rings. The Kier molecular flexibility index (Phi) is 5.88. The number of aromatic carboxylic acids is 1. The number of nitrogens with zero attached hydrogens (tertiary/aromatic N) is 2. The fourth-order valence-corrected chi connectivity index (χ4v) is 3.47. The predicted octanol–water partition coefficient (Wildman–Crippen LogP) is 1.87. The van der Waals surface area contributed by atoms with Gasteiger partial charge in [0.2, 0.25) is 10.0 Å². The van der Waals surface area contributed by atoms with E-state index in [1.165, 1.54) is 22.5 Å². The maximum absolute atomic E-state index is 12.5. The van der Waals surface area contributed by atoms with Crippen molar-refractivity contribution in [3.63, 3.8) is 0 Å². The molecule has 0 amide bonds. The van der Waals surface area contributed by atoms with Gasteiger partial charge in [0.15, 0.2) is 0 Å². The molecule has 1 aromatic carbocycles. The van der Waals surface area contributed by atoms with Crippen LogP contribution in [0.5, 0.6) is 0 Å². The monoisotopic (exact) mass is 310 g/mol. The number of carboxylic acids is 1. The first-order chi connectivity index (χ1) is 9.88. The number of carbonyl (C=O) groups is 1. The van der Waals surface area contributed by atoms with Crippen LogP contribution in [0, 0.1) is 11.3 Å². The second-order valence-electron chi connectivity index (χ2n) is 4.38. The molecule has 0 aliphatic carbocycles. The normalized spacial score (nSPS) is 11.3. The number of benzene rings is 1. The van der Waals surface area contributed by atoms with Gasteiger partial charge in [0.05, 0.1) is 16.5 Å². The van der Waals surface area contributed by atoms with E-state index >= 15 is 0 Å². The van der Waals surface area contributed by atoms with E-state index in [1.807, 2.05) is 6.07 Å². The summed E-state index contributed by atoms with van der Waals surface area (Å²) in [5, 5.41) is 17.8. The van der Waals surface area contributed by atoms with Crippen molar-refractivity contribution < 1.29 is 18.3 Å². The highest BCUT2D eigenvalue weighted by molar-refractivity contribution is 7.89. The third-order valence-corrected chi connectivity index (χ3v) is 5.13. The largest absolute Gasteiger partial charge is 0.478 e. The van der Waals surface area contributed by atoms with Crippen molar-refractivity contribution in [1.82, 2.24) is 4.31 Å². The van der Waals surface area contributed by atoms with Crippen molar-refractivity contribution in [3.8, 4) is 6.07 Å². The van der Waals surface area contributed by atoms with E-state index in [1.54, 1.807) is 13.8 Å². The summed E-state index contributed by atoms with van der Waals surface area (Å²) < 4.78 is 26.1. The Hall–Kier alpha value is -1.91. The van der Waals surface area contributed by atoms with Gasteiger partial charge in [0, 0.05) is 19.5 Å². The molecular formula is C14H18N2O4S. The lowest BCUT2D eigenvalue weighted by atomic mass is 10.1. The van der Waals surface area contributed by atoms with E-state index < -0.39 is 16.0 Å². The minimum absolute atomic E-state index is 0.00471. The summed E-state index contributed by atoms with van der Waals surface area (Å²) in [6.07, 6.45) is 0.597. The van der Waals surface area contributed by atoms with Gasteiger partial charge < -0.3 is 5.11 Å². The van der Waals surface area contributed by atoms with E-state index in [0.717, 1.165) is 0 Å². The zero-order valence-corrected chi connectivity index (χ0v) is 12.9. The molecule has 7 heteroatoms. The molecule has 114 valence electrons. The summed E-state index contributed by atoms with van der Waals surface area (Å²) in [4.78, 5) is 11.2. The van der Waals surface area contributed by atoms with E-state index in [0.29, 0.717) is 12.0 Å².